The molecule has 8 nitrogen and oxygen atoms in total. The lowest BCUT2D eigenvalue weighted by Crippen LogP contribution is -2.52. The lowest BCUT2D eigenvalue weighted by atomic mass is 9.91. The average molecular weight is 466 g/mol. The fourth-order valence-electron chi connectivity index (χ4n) is 4.87. The van der Waals surface area contributed by atoms with E-state index in [1.165, 1.54) is 17.7 Å². The highest BCUT2D eigenvalue weighted by Crippen LogP contribution is 2.29. The van der Waals surface area contributed by atoms with Crippen LogP contribution in [0.15, 0.2) is 16.8 Å². The summed E-state index contributed by atoms with van der Waals surface area (Å²) in [5.74, 6) is -1.55. The minimum atomic E-state index is -1.06. The van der Waals surface area contributed by atoms with Crippen LogP contribution in [0.1, 0.15) is 62.8 Å². The van der Waals surface area contributed by atoms with Gasteiger partial charge >= 0.3 is 11.9 Å². The molecule has 1 aromatic heterocycles. The van der Waals surface area contributed by atoms with E-state index in [9.17, 15) is 24.6 Å². The first-order valence-electron chi connectivity index (χ1n) is 11.7. The minimum Gasteiger partial charge on any atom is -0.480 e. The molecular formula is C23H35N3O5S. The first kappa shape index (κ1) is 24.7. The molecule has 0 radical (unpaired) electrons. The van der Waals surface area contributed by atoms with E-state index >= 15 is 0 Å². The Hall–Kier alpha value is -1.97. The predicted molar refractivity (Wildman–Crippen MR) is 123 cm³/mol. The predicted octanol–water partition coefficient (Wildman–Crippen LogP) is 2.51. The Balaban J connectivity index is 1.57. The molecule has 0 aliphatic carbocycles. The Morgan fingerprint density at radius 1 is 1.19 bits per heavy atom. The number of unbranched alkanes of at least 4 members (excludes halogenated alkanes) is 1. The molecular weight excluding hydrogens is 430 g/mol. The molecule has 2 saturated heterocycles. The zero-order chi connectivity index (χ0) is 22.9. The van der Waals surface area contributed by atoms with E-state index in [0.717, 1.165) is 43.8 Å². The van der Waals surface area contributed by atoms with Gasteiger partial charge in [-0.1, -0.05) is 19.3 Å². The van der Waals surface area contributed by atoms with Gasteiger partial charge in [0.1, 0.15) is 12.6 Å². The Labute approximate surface area is 193 Å². The molecule has 2 fully saturated rings. The van der Waals surface area contributed by atoms with Gasteiger partial charge in [0, 0.05) is 12.5 Å². The third-order valence-corrected chi connectivity index (χ3v) is 7.41. The van der Waals surface area contributed by atoms with E-state index in [1.54, 1.807) is 11.3 Å². The van der Waals surface area contributed by atoms with Crippen molar-refractivity contribution in [2.75, 3.05) is 26.2 Å². The molecule has 0 bridgehead atoms. The second-order valence-corrected chi connectivity index (χ2v) is 9.81. The number of carboxylic acids is 2. The summed E-state index contributed by atoms with van der Waals surface area (Å²) < 4.78 is 0. The molecule has 2 aliphatic heterocycles. The summed E-state index contributed by atoms with van der Waals surface area (Å²) in [6, 6.07) is 0.527. The molecule has 1 amide bonds. The first-order chi connectivity index (χ1) is 15.4. The van der Waals surface area contributed by atoms with Gasteiger partial charge in [-0.25, -0.2) is 0 Å². The van der Waals surface area contributed by atoms with Gasteiger partial charge in [0.25, 0.3) is 0 Å². The lowest BCUT2D eigenvalue weighted by Gasteiger charge is -2.27. The largest absolute Gasteiger partial charge is 0.480 e. The highest BCUT2D eigenvalue weighted by Gasteiger charge is 2.35. The monoisotopic (exact) mass is 465 g/mol. The van der Waals surface area contributed by atoms with Gasteiger partial charge in [0.2, 0.25) is 5.91 Å². The van der Waals surface area contributed by atoms with E-state index < -0.39 is 24.0 Å². The second kappa shape index (κ2) is 12.3. The van der Waals surface area contributed by atoms with Crippen molar-refractivity contribution in [3.05, 3.63) is 22.4 Å². The summed E-state index contributed by atoms with van der Waals surface area (Å²) in [6.07, 6.45) is 6.93. The van der Waals surface area contributed by atoms with Crippen molar-refractivity contribution in [2.24, 2.45) is 5.92 Å². The number of carbonyl (C=O) groups is 3. The molecule has 3 unspecified atom stereocenters. The minimum absolute atomic E-state index is 0.0598. The Kier molecular flexibility index (Phi) is 9.50. The molecule has 178 valence electrons. The van der Waals surface area contributed by atoms with Crippen molar-refractivity contribution in [1.82, 2.24) is 15.5 Å². The highest BCUT2D eigenvalue weighted by molar-refractivity contribution is 7.08. The Bertz CT molecular complexity index is 751. The van der Waals surface area contributed by atoms with Crippen molar-refractivity contribution in [1.29, 1.82) is 0 Å². The summed E-state index contributed by atoms with van der Waals surface area (Å²) in [7, 11) is 0. The fourth-order valence-corrected chi connectivity index (χ4v) is 5.61. The summed E-state index contributed by atoms with van der Waals surface area (Å²) >= 11 is 1.58. The topological polar surface area (TPSA) is 119 Å². The van der Waals surface area contributed by atoms with Gasteiger partial charge < -0.3 is 20.4 Å². The fraction of sp³-hybridized carbons (Fsp3) is 0.696. The van der Waals surface area contributed by atoms with Crippen molar-refractivity contribution in [3.63, 3.8) is 0 Å². The molecule has 3 heterocycles. The normalized spacial score (nSPS) is 23.6. The zero-order valence-electron chi connectivity index (χ0n) is 18.5. The molecule has 0 aromatic carbocycles. The van der Waals surface area contributed by atoms with Crippen molar-refractivity contribution in [3.8, 4) is 0 Å². The summed E-state index contributed by atoms with van der Waals surface area (Å²) in [6.45, 7) is 2.10. The number of amides is 1. The number of aliphatic carboxylic acids is 2. The van der Waals surface area contributed by atoms with E-state index in [0.29, 0.717) is 25.8 Å². The first-order valence-corrected chi connectivity index (χ1v) is 12.6. The molecule has 4 N–H and O–H groups in total. The number of hydrogen-bond acceptors (Lipinski definition) is 6. The second-order valence-electron chi connectivity index (χ2n) is 9.03. The van der Waals surface area contributed by atoms with Crippen molar-refractivity contribution in [2.45, 2.75) is 69.4 Å². The van der Waals surface area contributed by atoms with Crippen LogP contribution in [0.5, 0.6) is 0 Å². The van der Waals surface area contributed by atoms with E-state index in [-0.39, 0.29) is 18.4 Å². The summed E-state index contributed by atoms with van der Waals surface area (Å²) in [4.78, 5) is 37.7. The molecule has 9 heteroatoms. The smallest absolute Gasteiger partial charge is 0.323 e. The van der Waals surface area contributed by atoms with Crippen LogP contribution in [-0.4, -0.2) is 71.2 Å². The average Bonchev–Trinajstić information content (AvgIpc) is 3.26. The summed E-state index contributed by atoms with van der Waals surface area (Å²) in [5, 5.41) is 29.5. The van der Waals surface area contributed by atoms with Gasteiger partial charge in [-0.15, -0.1) is 0 Å². The number of rotatable bonds is 11. The Morgan fingerprint density at radius 3 is 2.62 bits per heavy atom. The number of nitrogens with zero attached hydrogens (tertiary/aromatic N) is 1. The number of nitrogens with one attached hydrogen (secondary N) is 2. The molecule has 3 rings (SSSR count). The van der Waals surface area contributed by atoms with Gasteiger partial charge in [-0.2, -0.15) is 11.3 Å². The van der Waals surface area contributed by atoms with Crippen LogP contribution in [-0.2, 0) is 14.4 Å². The van der Waals surface area contributed by atoms with Gasteiger partial charge in [0.15, 0.2) is 0 Å². The Morgan fingerprint density at radius 2 is 1.97 bits per heavy atom. The van der Waals surface area contributed by atoms with Crippen LogP contribution < -0.4 is 10.6 Å². The molecule has 3 atom stereocenters. The standard InChI is InChI=1S/C23H35N3O5S/c27-21(28)14-26-13-17(18-9-12-32-15-18)5-6-19(22(26)29)25-20(23(30)31)4-2-1-3-16-7-10-24-11-8-16/h9,12,15-17,19-20,24-25H,1-8,10-11,13-14H2,(H,27,28)(H,30,31). The maximum atomic E-state index is 13.1. The number of thiophene rings is 1. The maximum absolute atomic E-state index is 13.1. The molecule has 2 aliphatic rings. The van der Waals surface area contributed by atoms with Crippen LogP contribution in [0.4, 0.5) is 0 Å². The SMILES string of the molecule is O=C(O)CN1CC(c2ccsc2)CCC(NC(CCCCC2CCNCC2)C(=O)O)C1=O. The number of hydrogen-bond donors (Lipinski definition) is 4. The van der Waals surface area contributed by atoms with Crippen LogP contribution in [0.25, 0.3) is 0 Å². The molecule has 0 saturated carbocycles. The number of piperidine rings is 1. The third kappa shape index (κ3) is 7.28. The summed E-state index contributed by atoms with van der Waals surface area (Å²) in [5.41, 5.74) is 1.10. The molecule has 1 aromatic rings. The molecule has 0 spiro atoms. The van der Waals surface area contributed by atoms with Crippen LogP contribution in [0.3, 0.4) is 0 Å². The van der Waals surface area contributed by atoms with Crippen LogP contribution >= 0.6 is 11.3 Å². The quantitative estimate of drug-likeness (QED) is 0.371. The number of carboxylic acid groups (broad SMARTS) is 2. The van der Waals surface area contributed by atoms with Gasteiger partial charge in [-0.05, 0) is 73.5 Å². The number of carbonyl (C=O) groups excluding carboxylic acids is 1. The van der Waals surface area contributed by atoms with Crippen LogP contribution in [0, 0.1) is 5.92 Å². The van der Waals surface area contributed by atoms with Gasteiger partial charge in [0.05, 0.1) is 6.04 Å². The zero-order valence-corrected chi connectivity index (χ0v) is 19.3. The van der Waals surface area contributed by atoms with Crippen molar-refractivity contribution >= 4 is 29.2 Å². The number of likely N-dealkylation sites (tertiary alicyclic amines) is 1. The van der Waals surface area contributed by atoms with E-state index in [4.69, 9.17) is 0 Å². The lowest BCUT2D eigenvalue weighted by molar-refractivity contribution is -0.146. The maximum Gasteiger partial charge on any atom is 0.323 e. The van der Waals surface area contributed by atoms with E-state index in [1.807, 2.05) is 16.8 Å². The van der Waals surface area contributed by atoms with Crippen LogP contribution in [0.2, 0.25) is 0 Å². The highest BCUT2D eigenvalue weighted by atomic mass is 32.1. The van der Waals surface area contributed by atoms with E-state index in [2.05, 4.69) is 10.6 Å². The third-order valence-electron chi connectivity index (χ3n) is 6.71. The van der Waals surface area contributed by atoms with Crippen molar-refractivity contribution < 1.29 is 24.6 Å². The van der Waals surface area contributed by atoms with Gasteiger partial charge in [-0.3, -0.25) is 19.7 Å². The molecule has 32 heavy (non-hydrogen) atoms.